The van der Waals surface area contributed by atoms with Crippen LogP contribution in [0.15, 0.2) is 11.6 Å². The van der Waals surface area contributed by atoms with Crippen LogP contribution in [0, 0.1) is 5.92 Å². The van der Waals surface area contributed by atoms with Crippen molar-refractivity contribution in [1.82, 2.24) is 10.2 Å². The number of hydrogen-bond donors (Lipinski definition) is 1. The molecule has 0 aromatic carbocycles. The molecule has 84 valence electrons. The lowest BCUT2D eigenvalue weighted by Gasteiger charge is -2.24. The predicted octanol–water partition coefficient (Wildman–Crippen LogP) is 1.16. The van der Waals surface area contributed by atoms with Gasteiger partial charge in [0.2, 0.25) is 5.91 Å². The molecule has 3 nitrogen and oxygen atoms in total. The number of nitrogens with zero attached hydrogens (tertiary/aromatic N) is 1. The summed E-state index contributed by atoms with van der Waals surface area (Å²) in [6.45, 7) is 6.90. The highest BCUT2D eigenvalue weighted by molar-refractivity contribution is 5.88. The summed E-state index contributed by atoms with van der Waals surface area (Å²) >= 11 is 0. The molecule has 2 saturated heterocycles. The monoisotopic (exact) mass is 208 g/mol. The second-order valence-corrected chi connectivity index (χ2v) is 4.93. The van der Waals surface area contributed by atoms with Gasteiger partial charge in [-0.1, -0.05) is 5.57 Å². The van der Waals surface area contributed by atoms with Gasteiger partial charge in [0.05, 0.1) is 0 Å². The van der Waals surface area contributed by atoms with Gasteiger partial charge in [0.15, 0.2) is 0 Å². The fourth-order valence-corrected chi connectivity index (χ4v) is 2.56. The highest BCUT2D eigenvalue weighted by Gasteiger charge is 2.35. The second kappa shape index (κ2) is 4.35. The molecule has 2 aliphatic rings. The molecule has 2 heterocycles. The predicted molar refractivity (Wildman–Crippen MR) is 60.5 cm³/mol. The number of piperidine rings is 1. The first kappa shape index (κ1) is 10.7. The molecule has 0 saturated carbocycles. The maximum absolute atomic E-state index is 11.8. The van der Waals surface area contributed by atoms with Crippen LogP contribution in [0.2, 0.25) is 0 Å². The minimum Gasteiger partial charge on any atom is -0.337 e. The van der Waals surface area contributed by atoms with E-state index in [9.17, 15) is 4.79 Å². The van der Waals surface area contributed by atoms with Crippen LogP contribution in [-0.2, 0) is 4.79 Å². The summed E-state index contributed by atoms with van der Waals surface area (Å²) in [6.07, 6.45) is 4.28. The summed E-state index contributed by atoms with van der Waals surface area (Å²) in [5, 5.41) is 3.50. The molecule has 0 aliphatic carbocycles. The van der Waals surface area contributed by atoms with Gasteiger partial charge >= 0.3 is 0 Å². The molecular formula is C12H20N2O. The number of hydrogen-bond acceptors (Lipinski definition) is 2. The number of fused-ring (bicyclic) bond motifs is 1. The third-order valence-corrected chi connectivity index (χ3v) is 3.32. The Kier molecular flexibility index (Phi) is 3.10. The first-order valence-electron chi connectivity index (χ1n) is 5.84. The first-order valence-corrected chi connectivity index (χ1v) is 5.84. The Balaban J connectivity index is 1.96. The van der Waals surface area contributed by atoms with Crippen molar-refractivity contribution in [2.45, 2.75) is 32.7 Å². The zero-order chi connectivity index (χ0) is 10.8. The van der Waals surface area contributed by atoms with Gasteiger partial charge in [0.1, 0.15) is 0 Å². The summed E-state index contributed by atoms with van der Waals surface area (Å²) in [6, 6.07) is 0.549. The van der Waals surface area contributed by atoms with Gasteiger partial charge in [-0.15, -0.1) is 0 Å². The van der Waals surface area contributed by atoms with Crippen LogP contribution in [-0.4, -0.2) is 36.5 Å². The van der Waals surface area contributed by atoms with E-state index in [1.54, 1.807) is 6.08 Å². The van der Waals surface area contributed by atoms with Crippen LogP contribution in [0.25, 0.3) is 0 Å². The van der Waals surface area contributed by atoms with Crippen LogP contribution in [0.5, 0.6) is 0 Å². The van der Waals surface area contributed by atoms with Gasteiger partial charge in [-0.3, -0.25) is 4.79 Å². The summed E-state index contributed by atoms with van der Waals surface area (Å²) in [4.78, 5) is 13.8. The van der Waals surface area contributed by atoms with Crippen molar-refractivity contribution >= 4 is 5.91 Å². The van der Waals surface area contributed by atoms with Crippen LogP contribution in [0.3, 0.4) is 0 Å². The number of amides is 1. The molecule has 15 heavy (non-hydrogen) atoms. The van der Waals surface area contributed by atoms with E-state index in [4.69, 9.17) is 0 Å². The molecule has 0 unspecified atom stereocenters. The van der Waals surface area contributed by atoms with Gasteiger partial charge in [0, 0.05) is 25.2 Å². The maximum atomic E-state index is 11.8. The van der Waals surface area contributed by atoms with E-state index in [1.807, 2.05) is 18.7 Å². The van der Waals surface area contributed by atoms with Gasteiger partial charge in [0.25, 0.3) is 0 Å². The molecule has 0 bridgehead atoms. The Morgan fingerprint density at radius 1 is 1.40 bits per heavy atom. The minimum atomic E-state index is 0.186. The molecule has 2 aliphatic heterocycles. The Morgan fingerprint density at radius 3 is 2.87 bits per heavy atom. The zero-order valence-electron chi connectivity index (χ0n) is 9.62. The zero-order valence-corrected chi connectivity index (χ0v) is 9.62. The summed E-state index contributed by atoms with van der Waals surface area (Å²) in [5.41, 5.74) is 1.09. The molecule has 0 spiro atoms. The Hall–Kier alpha value is -0.830. The quantitative estimate of drug-likeness (QED) is 0.656. The van der Waals surface area contributed by atoms with E-state index in [2.05, 4.69) is 5.32 Å². The average molecular weight is 208 g/mol. The van der Waals surface area contributed by atoms with Crippen molar-refractivity contribution in [3.63, 3.8) is 0 Å². The van der Waals surface area contributed by atoms with E-state index < -0.39 is 0 Å². The molecule has 1 N–H and O–H groups in total. The van der Waals surface area contributed by atoms with Crippen molar-refractivity contribution < 1.29 is 4.79 Å². The van der Waals surface area contributed by atoms with Gasteiger partial charge < -0.3 is 10.2 Å². The van der Waals surface area contributed by atoms with Crippen molar-refractivity contribution in [2.24, 2.45) is 5.92 Å². The minimum absolute atomic E-state index is 0.186. The molecule has 3 heteroatoms. The summed E-state index contributed by atoms with van der Waals surface area (Å²) in [7, 11) is 0. The fourth-order valence-electron chi connectivity index (χ4n) is 2.56. The highest BCUT2D eigenvalue weighted by atomic mass is 16.2. The molecular weight excluding hydrogens is 188 g/mol. The van der Waals surface area contributed by atoms with Gasteiger partial charge in [-0.25, -0.2) is 0 Å². The van der Waals surface area contributed by atoms with E-state index in [-0.39, 0.29) is 5.91 Å². The van der Waals surface area contributed by atoms with E-state index in [0.29, 0.717) is 12.0 Å². The highest BCUT2D eigenvalue weighted by Crippen LogP contribution is 2.24. The standard InChI is InChI=1S/C12H20N2O/c1-9(2)6-12(15)14-7-10-4-3-5-13-11(10)8-14/h6,10-11,13H,3-5,7-8H2,1-2H3/t10-,11+/m0/s1. The van der Waals surface area contributed by atoms with E-state index in [0.717, 1.165) is 25.2 Å². The van der Waals surface area contributed by atoms with Crippen LogP contribution < -0.4 is 5.32 Å². The lowest BCUT2D eigenvalue weighted by molar-refractivity contribution is -0.125. The molecule has 2 fully saturated rings. The first-order chi connectivity index (χ1) is 7.16. The number of likely N-dealkylation sites (tertiary alicyclic amines) is 1. The second-order valence-electron chi connectivity index (χ2n) is 4.93. The van der Waals surface area contributed by atoms with E-state index in [1.165, 1.54) is 12.8 Å². The molecule has 0 aromatic heterocycles. The third kappa shape index (κ3) is 2.40. The average Bonchev–Trinajstić information content (AvgIpc) is 2.59. The number of carbonyl (C=O) groups is 1. The summed E-state index contributed by atoms with van der Waals surface area (Å²) < 4.78 is 0. The SMILES string of the molecule is CC(C)=CC(=O)N1C[C@@H]2CCCN[C@@H]2C1. The lowest BCUT2D eigenvalue weighted by Crippen LogP contribution is -2.40. The summed E-state index contributed by atoms with van der Waals surface area (Å²) in [5.74, 6) is 0.875. The number of carbonyl (C=O) groups excluding carboxylic acids is 1. The Labute approximate surface area is 91.5 Å². The third-order valence-electron chi connectivity index (χ3n) is 3.32. The van der Waals surface area contributed by atoms with Crippen molar-refractivity contribution in [1.29, 1.82) is 0 Å². The smallest absolute Gasteiger partial charge is 0.246 e. The Bertz CT molecular complexity index is 267. The Morgan fingerprint density at radius 2 is 2.20 bits per heavy atom. The fraction of sp³-hybridized carbons (Fsp3) is 0.750. The van der Waals surface area contributed by atoms with Crippen LogP contribution in [0.4, 0.5) is 0 Å². The molecule has 1 amide bonds. The van der Waals surface area contributed by atoms with Crippen molar-refractivity contribution in [3.8, 4) is 0 Å². The molecule has 0 aromatic rings. The van der Waals surface area contributed by atoms with Crippen LogP contribution in [0.1, 0.15) is 26.7 Å². The largest absolute Gasteiger partial charge is 0.337 e. The van der Waals surface area contributed by atoms with Gasteiger partial charge in [-0.05, 0) is 39.2 Å². The van der Waals surface area contributed by atoms with Crippen molar-refractivity contribution in [3.05, 3.63) is 11.6 Å². The normalized spacial score (nSPS) is 29.9. The van der Waals surface area contributed by atoms with Crippen molar-refractivity contribution in [2.75, 3.05) is 19.6 Å². The molecule has 0 radical (unpaired) electrons. The maximum Gasteiger partial charge on any atom is 0.246 e. The number of allylic oxidation sites excluding steroid dienone is 1. The van der Waals surface area contributed by atoms with Gasteiger partial charge in [-0.2, -0.15) is 0 Å². The van der Waals surface area contributed by atoms with Crippen LogP contribution >= 0.6 is 0 Å². The lowest BCUT2D eigenvalue weighted by atomic mass is 9.94. The van der Waals surface area contributed by atoms with E-state index >= 15 is 0 Å². The number of nitrogens with one attached hydrogen (secondary N) is 1. The molecule has 2 rings (SSSR count). The number of rotatable bonds is 1. The molecule has 2 atom stereocenters. The topological polar surface area (TPSA) is 32.3 Å².